The number of aromatic nitrogens is 1. The van der Waals surface area contributed by atoms with Crippen molar-refractivity contribution in [2.45, 2.75) is 38.1 Å². The highest BCUT2D eigenvalue weighted by Crippen LogP contribution is 2.41. The maximum absolute atomic E-state index is 5.75. The number of rotatable bonds is 3. The van der Waals surface area contributed by atoms with Gasteiger partial charge in [-0.15, -0.1) is 11.3 Å². The van der Waals surface area contributed by atoms with Crippen LogP contribution in [0, 0.1) is 0 Å². The average molecular weight is 182 g/mol. The van der Waals surface area contributed by atoms with Crippen molar-refractivity contribution in [3.05, 3.63) is 16.1 Å². The van der Waals surface area contributed by atoms with E-state index in [1.165, 1.54) is 23.4 Å². The van der Waals surface area contributed by atoms with Crippen LogP contribution in [0.3, 0.4) is 0 Å². The normalized spacial score (nSPS) is 19.5. The highest BCUT2D eigenvalue weighted by atomic mass is 32.1. The van der Waals surface area contributed by atoms with Gasteiger partial charge in [-0.3, -0.25) is 0 Å². The molecule has 0 aliphatic heterocycles. The summed E-state index contributed by atoms with van der Waals surface area (Å²) in [6, 6.07) is 0.267. The van der Waals surface area contributed by atoms with Crippen molar-refractivity contribution >= 4 is 11.3 Å². The van der Waals surface area contributed by atoms with Gasteiger partial charge in [0.2, 0.25) is 0 Å². The van der Waals surface area contributed by atoms with E-state index in [0.29, 0.717) is 0 Å². The first-order valence-corrected chi connectivity index (χ1v) is 5.33. The summed E-state index contributed by atoms with van der Waals surface area (Å²) < 4.78 is 0. The third kappa shape index (κ3) is 1.67. The number of thiazole rings is 1. The van der Waals surface area contributed by atoms with Gasteiger partial charge in [0, 0.05) is 16.8 Å². The molecule has 0 amide bonds. The van der Waals surface area contributed by atoms with Crippen molar-refractivity contribution in [2.24, 2.45) is 5.73 Å². The van der Waals surface area contributed by atoms with Gasteiger partial charge < -0.3 is 5.73 Å². The highest BCUT2D eigenvalue weighted by molar-refractivity contribution is 7.09. The molecule has 66 valence electrons. The minimum atomic E-state index is 0.267. The standard InChI is InChI=1S/C9H14N2S/c1-6(10)4-8-9(7-2-3-7)11-5-12-8/h5-7H,2-4,10H2,1H3/t6-/m0/s1. The lowest BCUT2D eigenvalue weighted by molar-refractivity contribution is 0.737. The molecule has 3 heteroatoms. The molecule has 1 aliphatic rings. The Labute approximate surface area is 76.8 Å². The quantitative estimate of drug-likeness (QED) is 0.775. The SMILES string of the molecule is C[C@H](N)Cc1scnc1C1CC1. The lowest BCUT2D eigenvalue weighted by Gasteiger charge is -2.03. The molecule has 2 N–H and O–H groups in total. The van der Waals surface area contributed by atoms with Crippen LogP contribution in [0.25, 0.3) is 0 Å². The Morgan fingerprint density at radius 1 is 1.75 bits per heavy atom. The largest absolute Gasteiger partial charge is 0.328 e. The minimum Gasteiger partial charge on any atom is -0.328 e. The molecule has 1 saturated carbocycles. The summed E-state index contributed by atoms with van der Waals surface area (Å²) in [6.45, 7) is 2.05. The number of hydrogen-bond donors (Lipinski definition) is 1. The first kappa shape index (κ1) is 8.20. The van der Waals surface area contributed by atoms with Gasteiger partial charge in [0.25, 0.3) is 0 Å². The van der Waals surface area contributed by atoms with Crippen LogP contribution in [0.2, 0.25) is 0 Å². The van der Waals surface area contributed by atoms with E-state index in [1.54, 1.807) is 11.3 Å². The fourth-order valence-electron chi connectivity index (χ4n) is 1.41. The first-order chi connectivity index (χ1) is 5.77. The second-order valence-corrected chi connectivity index (χ2v) is 4.56. The lowest BCUT2D eigenvalue weighted by Crippen LogP contribution is -2.17. The Kier molecular flexibility index (Phi) is 2.15. The minimum absolute atomic E-state index is 0.267. The summed E-state index contributed by atoms with van der Waals surface area (Å²) in [5.41, 5.74) is 9.03. The smallest absolute Gasteiger partial charge is 0.0797 e. The fourth-order valence-corrected chi connectivity index (χ4v) is 2.41. The summed E-state index contributed by atoms with van der Waals surface area (Å²) in [6.07, 6.45) is 3.65. The zero-order chi connectivity index (χ0) is 8.55. The van der Waals surface area contributed by atoms with Gasteiger partial charge in [0.1, 0.15) is 0 Å². The Hall–Kier alpha value is -0.410. The maximum Gasteiger partial charge on any atom is 0.0797 e. The van der Waals surface area contributed by atoms with Gasteiger partial charge in [-0.05, 0) is 26.2 Å². The molecule has 2 nitrogen and oxygen atoms in total. The highest BCUT2D eigenvalue weighted by Gasteiger charge is 2.28. The summed E-state index contributed by atoms with van der Waals surface area (Å²) in [5.74, 6) is 0.769. The summed E-state index contributed by atoms with van der Waals surface area (Å²) in [5, 5.41) is 0. The third-order valence-electron chi connectivity index (χ3n) is 2.14. The van der Waals surface area contributed by atoms with E-state index >= 15 is 0 Å². The van der Waals surface area contributed by atoms with Gasteiger partial charge >= 0.3 is 0 Å². The molecule has 0 saturated heterocycles. The van der Waals surface area contributed by atoms with Crippen LogP contribution in [-0.4, -0.2) is 11.0 Å². The van der Waals surface area contributed by atoms with E-state index in [1.807, 2.05) is 5.51 Å². The van der Waals surface area contributed by atoms with Crippen molar-refractivity contribution in [3.8, 4) is 0 Å². The maximum atomic E-state index is 5.75. The second-order valence-electron chi connectivity index (χ2n) is 3.62. The lowest BCUT2D eigenvalue weighted by atomic mass is 10.1. The van der Waals surface area contributed by atoms with Crippen LogP contribution in [0.1, 0.15) is 36.3 Å². The molecular formula is C9H14N2S. The van der Waals surface area contributed by atoms with E-state index in [2.05, 4.69) is 11.9 Å². The Morgan fingerprint density at radius 3 is 3.08 bits per heavy atom. The topological polar surface area (TPSA) is 38.9 Å². The average Bonchev–Trinajstić information content (AvgIpc) is 2.73. The predicted octanol–water partition coefficient (Wildman–Crippen LogP) is 1.91. The predicted molar refractivity (Wildman–Crippen MR) is 51.4 cm³/mol. The molecule has 0 spiro atoms. The van der Waals surface area contributed by atoms with Crippen LogP contribution in [-0.2, 0) is 6.42 Å². The first-order valence-electron chi connectivity index (χ1n) is 4.45. The van der Waals surface area contributed by atoms with E-state index in [9.17, 15) is 0 Å². The van der Waals surface area contributed by atoms with Gasteiger partial charge in [0.05, 0.1) is 11.2 Å². The third-order valence-corrected chi connectivity index (χ3v) is 3.02. The van der Waals surface area contributed by atoms with Crippen LogP contribution < -0.4 is 5.73 Å². The zero-order valence-electron chi connectivity index (χ0n) is 7.29. The molecule has 2 rings (SSSR count). The molecule has 0 radical (unpaired) electrons. The monoisotopic (exact) mass is 182 g/mol. The van der Waals surface area contributed by atoms with Crippen LogP contribution >= 0.6 is 11.3 Å². The van der Waals surface area contributed by atoms with Gasteiger partial charge in [-0.1, -0.05) is 0 Å². The summed E-state index contributed by atoms with van der Waals surface area (Å²) in [4.78, 5) is 5.80. The van der Waals surface area contributed by atoms with E-state index in [0.717, 1.165) is 12.3 Å². The van der Waals surface area contributed by atoms with Crippen LogP contribution in [0.15, 0.2) is 5.51 Å². The molecule has 0 unspecified atom stereocenters. The Bertz CT molecular complexity index is 263. The van der Waals surface area contributed by atoms with Crippen molar-refractivity contribution < 1.29 is 0 Å². The second kappa shape index (κ2) is 3.15. The van der Waals surface area contributed by atoms with E-state index in [-0.39, 0.29) is 6.04 Å². The molecule has 1 fully saturated rings. The Morgan fingerprint density at radius 2 is 2.50 bits per heavy atom. The zero-order valence-corrected chi connectivity index (χ0v) is 8.10. The molecule has 1 aromatic rings. The molecule has 1 heterocycles. The number of nitrogens with two attached hydrogens (primary N) is 1. The Balaban J connectivity index is 2.13. The van der Waals surface area contributed by atoms with E-state index < -0.39 is 0 Å². The molecule has 1 aliphatic carbocycles. The van der Waals surface area contributed by atoms with Gasteiger partial charge in [-0.25, -0.2) is 4.98 Å². The summed E-state index contributed by atoms with van der Waals surface area (Å²) >= 11 is 1.76. The van der Waals surface area contributed by atoms with E-state index in [4.69, 9.17) is 5.73 Å². The molecule has 1 aromatic heterocycles. The molecular weight excluding hydrogens is 168 g/mol. The number of nitrogens with zero attached hydrogens (tertiary/aromatic N) is 1. The van der Waals surface area contributed by atoms with Crippen molar-refractivity contribution in [3.63, 3.8) is 0 Å². The van der Waals surface area contributed by atoms with Crippen molar-refractivity contribution in [1.82, 2.24) is 4.98 Å². The molecule has 0 aromatic carbocycles. The van der Waals surface area contributed by atoms with Crippen molar-refractivity contribution in [1.29, 1.82) is 0 Å². The number of hydrogen-bond acceptors (Lipinski definition) is 3. The van der Waals surface area contributed by atoms with Crippen molar-refractivity contribution in [2.75, 3.05) is 0 Å². The fraction of sp³-hybridized carbons (Fsp3) is 0.667. The molecule has 12 heavy (non-hydrogen) atoms. The van der Waals surface area contributed by atoms with Gasteiger partial charge in [0.15, 0.2) is 0 Å². The molecule has 0 bridgehead atoms. The summed E-state index contributed by atoms with van der Waals surface area (Å²) in [7, 11) is 0. The molecule has 1 atom stereocenters. The van der Waals surface area contributed by atoms with Gasteiger partial charge in [-0.2, -0.15) is 0 Å². The van der Waals surface area contributed by atoms with Crippen LogP contribution in [0.5, 0.6) is 0 Å². The van der Waals surface area contributed by atoms with Crippen LogP contribution in [0.4, 0.5) is 0 Å².